The van der Waals surface area contributed by atoms with E-state index in [9.17, 15) is 4.79 Å². The van der Waals surface area contributed by atoms with Gasteiger partial charge in [-0.3, -0.25) is 9.48 Å². The second kappa shape index (κ2) is 9.49. The Hall–Kier alpha value is -3.57. The number of hydrogen-bond acceptors (Lipinski definition) is 3. The van der Waals surface area contributed by atoms with Crippen LogP contribution in [0.25, 0.3) is 0 Å². The molecule has 0 bridgehead atoms. The van der Waals surface area contributed by atoms with Gasteiger partial charge in [0.05, 0.1) is 6.54 Å². The molecule has 3 aromatic carbocycles. The number of ether oxygens (including phenoxy) is 1. The fourth-order valence-corrected chi connectivity index (χ4v) is 3.44. The summed E-state index contributed by atoms with van der Waals surface area (Å²) in [4.78, 5) is 12.7. The molecule has 0 saturated carbocycles. The lowest BCUT2D eigenvalue weighted by molar-refractivity contribution is 0.102. The fourth-order valence-electron chi connectivity index (χ4n) is 3.21. The first-order chi connectivity index (χ1) is 15.1. The number of rotatable bonds is 7. The Kier molecular flexibility index (Phi) is 6.34. The zero-order valence-electron chi connectivity index (χ0n) is 17.1. The third-order valence-corrected chi connectivity index (χ3v) is 5.03. The van der Waals surface area contributed by atoms with E-state index in [1.165, 1.54) is 0 Å². The third-order valence-electron chi connectivity index (χ3n) is 4.79. The summed E-state index contributed by atoms with van der Waals surface area (Å²) in [6, 6.07) is 24.7. The number of aryl methyl sites for hydroxylation is 1. The van der Waals surface area contributed by atoms with Crippen LogP contribution < -0.4 is 10.1 Å². The summed E-state index contributed by atoms with van der Waals surface area (Å²) in [5, 5.41) is 7.97. The molecule has 4 rings (SSSR count). The van der Waals surface area contributed by atoms with Crippen LogP contribution in [0.5, 0.6) is 5.75 Å². The van der Waals surface area contributed by atoms with E-state index in [4.69, 9.17) is 16.3 Å². The van der Waals surface area contributed by atoms with Crippen molar-refractivity contribution in [3.63, 3.8) is 0 Å². The van der Waals surface area contributed by atoms with E-state index in [1.807, 2.05) is 73.8 Å². The molecule has 0 atom stereocenters. The summed E-state index contributed by atoms with van der Waals surface area (Å²) in [5.74, 6) is 1.07. The van der Waals surface area contributed by atoms with Crippen LogP contribution in [0.2, 0.25) is 5.02 Å². The van der Waals surface area contributed by atoms with Crippen molar-refractivity contribution in [2.45, 2.75) is 20.1 Å². The molecular weight excluding hydrogens is 410 g/mol. The highest BCUT2D eigenvalue weighted by Gasteiger charge is 2.10. The molecule has 5 nitrogen and oxygen atoms in total. The Morgan fingerprint density at radius 2 is 1.81 bits per heavy atom. The lowest BCUT2D eigenvalue weighted by Crippen LogP contribution is -2.13. The van der Waals surface area contributed by atoms with Crippen LogP contribution >= 0.6 is 11.6 Å². The molecule has 1 N–H and O–H groups in total. The summed E-state index contributed by atoms with van der Waals surface area (Å²) >= 11 is 5.99. The summed E-state index contributed by atoms with van der Waals surface area (Å²) in [6.07, 6.45) is 1.85. The Balaban J connectivity index is 1.38. The van der Waals surface area contributed by atoms with Crippen LogP contribution in [0, 0.1) is 6.92 Å². The first-order valence-corrected chi connectivity index (χ1v) is 10.3. The topological polar surface area (TPSA) is 56.1 Å². The second-order valence-electron chi connectivity index (χ2n) is 7.24. The van der Waals surface area contributed by atoms with Crippen LogP contribution in [-0.4, -0.2) is 15.7 Å². The maximum atomic E-state index is 12.7. The van der Waals surface area contributed by atoms with Crippen LogP contribution in [0.4, 0.5) is 5.82 Å². The van der Waals surface area contributed by atoms with E-state index in [0.29, 0.717) is 29.6 Å². The SMILES string of the molecule is Cc1cc(Cl)ccc1OCc1cccc(C(=O)Nc2ccn(Cc3ccccc3)n2)c1. The third kappa shape index (κ3) is 5.53. The maximum absolute atomic E-state index is 12.7. The van der Waals surface area contributed by atoms with Crippen LogP contribution in [-0.2, 0) is 13.2 Å². The highest BCUT2D eigenvalue weighted by atomic mass is 35.5. The van der Waals surface area contributed by atoms with Gasteiger partial charge >= 0.3 is 0 Å². The maximum Gasteiger partial charge on any atom is 0.256 e. The van der Waals surface area contributed by atoms with E-state index in [1.54, 1.807) is 22.9 Å². The Morgan fingerprint density at radius 1 is 1.00 bits per heavy atom. The predicted molar refractivity (Wildman–Crippen MR) is 123 cm³/mol. The van der Waals surface area contributed by atoms with Gasteiger partial charge in [0.1, 0.15) is 12.4 Å². The minimum absolute atomic E-state index is 0.213. The standard InChI is InChI=1S/C25H22ClN3O2/c1-18-14-22(26)10-11-23(18)31-17-20-8-5-9-21(15-20)25(30)27-24-12-13-29(28-24)16-19-6-3-2-4-7-19/h2-15H,16-17H2,1H3,(H,27,28,30). The molecule has 1 aromatic heterocycles. The van der Waals surface area contributed by atoms with E-state index in [0.717, 1.165) is 22.4 Å². The number of aromatic nitrogens is 2. The molecule has 0 aliphatic carbocycles. The number of hydrogen-bond donors (Lipinski definition) is 1. The first kappa shape index (κ1) is 20.7. The zero-order chi connectivity index (χ0) is 21.6. The molecule has 0 spiro atoms. The molecule has 4 aromatic rings. The van der Waals surface area contributed by atoms with E-state index >= 15 is 0 Å². The average Bonchev–Trinajstić information content (AvgIpc) is 3.20. The molecule has 0 unspecified atom stereocenters. The molecule has 6 heteroatoms. The normalized spacial score (nSPS) is 10.6. The molecule has 0 radical (unpaired) electrons. The van der Waals surface area contributed by atoms with Crippen molar-refractivity contribution < 1.29 is 9.53 Å². The van der Waals surface area contributed by atoms with Gasteiger partial charge in [0.2, 0.25) is 0 Å². The molecule has 0 saturated heterocycles. The second-order valence-corrected chi connectivity index (χ2v) is 7.67. The molecule has 31 heavy (non-hydrogen) atoms. The highest BCUT2D eigenvalue weighted by molar-refractivity contribution is 6.30. The Bertz CT molecular complexity index is 1190. The number of nitrogens with one attached hydrogen (secondary N) is 1. The van der Waals surface area contributed by atoms with Crippen molar-refractivity contribution in [3.05, 3.63) is 112 Å². The van der Waals surface area contributed by atoms with Gasteiger partial charge in [-0.05, 0) is 53.9 Å². The summed E-state index contributed by atoms with van der Waals surface area (Å²) in [5.41, 5.74) is 3.56. The van der Waals surface area contributed by atoms with Gasteiger partial charge in [-0.25, -0.2) is 0 Å². The van der Waals surface area contributed by atoms with E-state index < -0.39 is 0 Å². The molecule has 156 valence electrons. The van der Waals surface area contributed by atoms with Crippen molar-refractivity contribution in [2.24, 2.45) is 0 Å². The van der Waals surface area contributed by atoms with Gasteiger partial charge in [-0.2, -0.15) is 5.10 Å². The van der Waals surface area contributed by atoms with Crippen LogP contribution in [0.3, 0.4) is 0 Å². The number of nitrogens with zero attached hydrogens (tertiary/aromatic N) is 2. The van der Waals surface area contributed by atoms with Crippen molar-refractivity contribution in [2.75, 3.05) is 5.32 Å². The fraction of sp³-hybridized carbons (Fsp3) is 0.120. The zero-order valence-corrected chi connectivity index (χ0v) is 17.8. The summed E-state index contributed by atoms with van der Waals surface area (Å²) in [7, 11) is 0. The minimum Gasteiger partial charge on any atom is -0.489 e. The largest absolute Gasteiger partial charge is 0.489 e. The number of halogens is 1. The van der Waals surface area contributed by atoms with Gasteiger partial charge in [0, 0.05) is 22.8 Å². The monoisotopic (exact) mass is 431 g/mol. The average molecular weight is 432 g/mol. The first-order valence-electron chi connectivity index (χ1n) is 9.93. The van der Waals surface area contributed by atoms with E-state index in [-0.39, 0.29) is 5.91 Å². The van der Waals surface area contributed by atoms with Crippen molar-refractivity contribution in [3.8, 4) is 5.75 Å². The van der Waals surface area contributed by atoms with Gasteiger partial charge < -0.3 is 10.1 Å². The van der Waals surface area contributed by atoms with Gasteiger partial charge in [0.15, 0.2) is 5.82 Å². The molecule has 0 aliphatic rings. The quantitative estimate of drug-likeness (QED) is 0.407. The molecular formula is C25H22ClN3O2. The number of benzene rings is 3. The van der Waals surface area contributed by atoms with Crippen molar-refractivity contribution in [1.29, 1.82) is 0 Å². The molecule has 0 fully saturated rings. The number of carbonyl (C=O) groups is 1. The predicted octanol–water partition coefficient (Wildman–Crippen LogP) is 5.72. The minimum atomic E-state index is -0.213. The molecule has 1 amide bonds. The molecule has 1 heterocycles. The smallest absolute Gasteiger partial charge is 0.256 e. The highest BCUT2D eigenvalue weighted by Crippen LogP contribution is 2.23. The summed E-state index contributed by atoms with van der Waals surface area (Å²) < 4.78 is 7.68. The van der Waals surface area contributed by atoms with Crippen LogP contribution in [0.15, 0.2) is 85.1 Å². The van der Waals surface area contributed by atoms with Crippen molar-refractivity contribution in [1.82, 2.24) is 9.78 Å². The van der Waals surface area contributed by atoms with E-state index in [2.05, 4.69) is 10.4 Å². The lowest BCUT2D eigenvalue weighted by Gasteiger charge is -2.10. The Morgan fingerprint density at radius 3 is 2.61 bits per heavy atom. The lowest BCUT2D eigenvalue weighted by atomic mass is 10.1. The summed E-state index contributed by atoms with van der Waals surface area (Å²) in [6.45, 7) is 2.95. The van der Waals surface area contributed by atoms with Crippen LogP contribution in [0.1, 0.15) is 27.0 Å². The van der Waals surface area contributed by atoms with Gasteiger partial charge in [-0.1, -0.05) is 54.1 Å². The number of carbonyl (C=O) groups excluding carboxylic acids is 1. The Labute approximate surface area is 186 Å². The van der Waals surface area contributed by atoms with Gasteiger partial charge in [-0.15, -0.1) is 0 Å². The van der Waals surface area contributed by atoms with Gasteiger partial charge in [0.25, 0.3) is 5.91 Å². The number of anilines is 1. The van der Waals surface area contributed by atoms with Crippen molar-refractivity contribution >= 4 is 23.3 Å². The number of amides is 1. The molecule has 0 aliphatic heterocycles.